The number of nitrogens with one attached hydrogen (secondary N) is 1. The largest absolute Gasteiger partial charge is 0.481 e. The molecule has 1 aliphatic carbocycles. The Labute approximate surface area is 124 Å². The van der Waals surface area contributed by atoms with Crippen LogP contribution in [0.2, 0.25) is 0 Å². The maximum atomic E-state index is 12.4. The van der Waals surface area contributed by atoms with Crippen LogP contribution in [0.5, 0.6) is 0 Å². The summed E-state index contributed by atoms with van der Waals surface area (Å²) < 4.78 is 5.67. The molecule has 2 aliphatic rings. The van der Waals surface area contributed by atoms with Crippen molar-refractivity contribution in [2.24, 2.45) is 0 Å². The molecule has 0 bridgehead atoms. The third kappa shape index (κ3) is 3.85. The van der Waals surface area contributed by atoms with Gasteiger partial charge in [0.15, 0.2) is 0 Å². The third-order valence-electron chi connectivity index (χ3n) is 4.14. The van der Waals surface area contributed by atoms with E-state index in [4.69, 9.17) is 9.84 Å². The van der Waals surface area contributed by atoms with Crippen molar-refractivity contribution < 1.29 is 24.5 Å². The summed E-state index contributed by atoms with van der Waals surface area (Å²) in [6.07, 6.45) is 1.87. The molecule has 21 heavy (non-hydrogen) atoms. The number of morpholine rings is 1. The van der Waals surface area contributed by atoms with Gasteiger partial charge in [-0.1, -0.05) is 0 Å². The normalized spacial score (nSPS) is 26.8. The minimum absolute atomic E-state index is 0.0457. The van der Waals surface area contributed by atoms with Gasteiger partial charge in [-0.25, -0.2) is 4.79 Å². The van der Waals surface area contributed by atoms with Crippen LogP contribution in [0.25, 0.3) is 0 Å². The molecule has 1 saturated carbocycles. The zero-order valence-corrected chi connectivity index (χ0v) is 12.6. The second-order valence-electron chi connectivity index (χ2n) is 6.70. The fourth-order valence-electron chi connectivity index (χ4n) is 3.09. The Morgan fingerprint density at radius 2 is 2.05 bits per heavy atom. The average molecular weight is 300 g/mol. The topological polar surface area (TPSA) is 99.1 Å². The number of carbonyl (C=O) groups excluding carboxylic acids is 1. The van der Waals surface area contributed by atoms with E-state index in [0.717, 1.165) is 6.42 Å². The molecule has 2 rings (SSSR count). The molecule has 1 unspecified atom stereocenters. The van der Waals surface area contributed by atoms with Crippen LogP contribution in [0.3, 0.4) is 0 Å². The van der Waals surface area contributed by atoms with Crippen LogP contribution in [-0.4, -0.2) is 64.1 Å². The molecule has 1 atom stereocenters. The van der Waals surface area contributed by atoms with E-state index in [-0.39, 0.29) is 19.1 Å². The van der Waals surface area contributed by atoms with Crippen LogP contribution >= 0.6 is 0 Å². The first-order valence-corrected chi connectivity index (χ1v) is 7.33. The minimum Gasteiger partial charge on any atom is -0.481 e. The first kappa shape index (κ1) is 16.0. The van der Waals surface area contributed by atoms with E-state index < -0.39 is 23.2 Å². The van der Waals surface area contributed by atoms with Crippen LogP contribution in [-0.2, 0) is 9.53 Å². The second-order valence-corrected chi connectivity index (χ2v) is 6.70. The molecule has 0 radical (unpaired) electrons. The van der Waals surface area contributed by atoms with Gasteiger partial charge >= 0.3 is 12.0 Å². The fourth-order valence-corrected chi connectivity index (χ4v) is 3.09. The van der Waals surface area contributed by atoms with Gasteiger partial charge in [0.1, 0.15) is 0 Å². The van der Waals surface area contributed by atoms with Crippen molar-refractivity contribution in [3.63, 3.8) is 0 Å². The highest BCUT2D eigenvalue weighted by Crippen LogP contribution is 2.35. The molecule has 7 heteroatoms. The summed E-state index contributed by atoms with van der Waals surface area (Å²) in [6.45, 7) is 4.32. The number of hydrogen-bond acceptors (Lipinski definition) is 4. The molecule has 0 aromatic heterocycles. The molecule has 1 heterocycles. The van der Waals surface area contributed by atoms with Gasteiger partial charge in [-0.05, 0) is 33.1 Å². The predicted molar refractivity (Wildman–Crippen MR) is 75.0 cm³/mol. The monoisotopic (exact) mass is 300 g/mol. The van der Waals surface area contributed by atoms with Crippen LogP contribution in [0.1, 0.15) is 39.5 Å². The molecule has 0 aromatic rings. The Morgan fingerprint density at radius 1 is 1.38 bits per heavy atom. The van der Waals surface area contributed by atoms with Crippen LogP contribution in [0.15, 0.2) is 0 Å². The summed E-state index contributed by atoms with van der Waals surface area (Å²) >= 11 is 0. The Bertz CT molecular complexity index is 420. The van der Waals surface area contributed by atoms with Crippen molar-refractivity contribution >= 4 is 12.0 Å². The van der Waals surface area contributed by atoms with Crippen molar-refractivity contribution in [3.8, 4) is 0 Å². The number of amides is 2. The summed E-state index contributed by atoms with van der Waals surface area (Å²) in [5.74, 6) is -0.898. The van der Waals surface area contributed by atoms with Crippen molar-refractivity contribution in [1.82, 2.24) is 10.2 Å². The first-order chi connectivity index (χ1) is 9.75. The maximum Gasteiger partial charge on any atom is 0.318 e. The smallest absolute Gasteiger partial charge is 0.318 e. The average Bonchev–Trinajstić information content (AvgIpc) is 2.33. The van der Waals surface area contributed by atoms with E-state index in [1.165, 1.54) is 0 Å². The predicted octanol–water partition coefficient (Wildman–Crippen LogP) is 0.565. The summed E-state index contributed by atoms with van der Waals surface area (Å²) in [5, 5.41) is 21.1. The lowest BCUT2D eigenvalue weighted by atomic mass is 9.74. The molecular weight excluding hydrogens is 276 g/mol. The number of aliphatic hydroxyl groups is 1. The van der Waals surface area contributed by atoms with E-state index in [9.17, 15) is 14.7 Å². The maximum absolute atomic E-state index is 12.4. The minimum atomic E-state index is -0.898. The van der Waals surface area contributed by atoms with Crippen molar-refractivity contribution in [2.45, 2.75) is 56.8 Å². The van der Waals surface area contributed by atoms with Gasteiger partial charge in [0.2, 0.25) is 0 Å². The van der Waals surface area contributed by atoms with Crippen molar-refractivity contribution in [1.29, 1.82) is 0 Å². The van der Waals surface area contributed by atoms with Gasteiger partial charge in [0.05, 0.1) is 43.4 Å². The summed E-state index contributed by atoms with van der Waals surface area (Å²) in [6, 6.07) is -0.272. The highest BCUT2D eigenvalue weighted by Gasteiger charge is 2.43. The fraction of sp³-hybridized carbons (Fsp3) is 0.857. The van der Waals surface area contributed by atoms with Crippen molar-refractivity contribution in [3.05, 3.63) is 0 Å². The lowest BCUT2D eigenvalue weighted by Crippen LogP contribution is -2.63. The van der Waals surface area contributed by atoms with Crippen molar-refractivity contribution in [2.75, 3.05) is 19.7 Å². The van der Waals surface area contributed by atoms with E-state index in [1.807, 2.05) is 13.8 Å². The molecule has 0 aromatic carbocycles. The van der Waals surface area contributed by atoms with Gasteiger partial charge in [0, 0.05) is 0 Å². The van der Waals surface area contributed by atoms with Gasteiger partial charge in [-0.3, -0.25) is 4.79 Å². The Hall–Kier alpha value is -1.34. The summed E-state index contributed by atoms with van der Waals surface area (Å²) in [7, 11) is 0. The number of aliphatic hydroxyl groups excluding tert-OH is 1. The quantitative estimate of drug-likeness (QED) is 0.705. The molecule has 2 fully saturated rings. The molecule has 3 N–H and O–H groups in total. The number of aliphatic carboxylic acids is 1. The van der Waals surface area contributed by atoms with Crippen LogP contribution in [0.4, 0.5) is 4.79 Å². The number of urea groups is 1. The summed E-state index contributed by atoms with van der Waals surface area (Å²) in [4.78, 5) is 25.0. The molecule has 120 valence electrons. The lowest BCUT2D eigenvalue weighted by molar-refractivity contribution is -0.141. The number of nitrogens with zero attached hydrogens (tertiary/aromatic N) is 1. The molecular formula is C14H24N2O5. The summed E-state index contributed by atoms with van der Waals surface area (Å²) in [5.41, 5.74) is -1.14. The number of carboxylic acids is 1. The van der Waals surface area contributed by atoms with E-state index >= 15 is 0 Å². The van der Waals surface area contributed by atoms with E-state index in [1.54, 1.807) is 4.90 Å². The molecule has 2 amide bonds. The standard InChI is InChI=1S/C14H24N2O5/c1-13(2)9-16(7-10(8-17)21-13)12(20)15-14(4-3-5-14)6-11(18)19/h10,17H,3-9H2,1-2H3,(H,15,20)(H,18,19). The van der Waals surface area contributed by atoms with E-state index in [2.05, 4.69) is 5.32 Å². The Morgan fingerprint density at radius 3 is 2.52 bits per heavy atom. The van der Waals surface area contributed by atoms with Gasteiger partial charge in [0.25, 0.3) is 0 Å². The zero-order valence-electron chi connectivity index (χ0n) is 12.6. The number of hydrogen-bond donors (Lipinski definition) is 3. The molecule has 1 saturated heterocycles. The number of ether oxygens (including phenoxy) is 1. The van der Waals surface area contributed by atoms with Gasteiger partial charge in [-0.15, -0.1) is 0 Å². The SMILES string of the molecule is CC1(C)CN(C(=O)NC2(CC(=O)O)CCC2)CC(CO)O1. The van der Waals surface area contributed by atoms with Gasteiger partial charge < -0.3 is 25.2 Å². The van der Waals surface area contributed by atoms with Crippen LogP contribution < -0.4 is 5.32 Å². The molecule has 0 spiro atoms. The zero-order chi connectivity index (χ0) is 15.7. The second kappa shape index (κ2) is 5.81. The highest BCUT2D eigenvalue weighted by molar-refractivity contribution is 5.77. The highest BCUT2D eigenvalue weighted by atomic mass is 16.5. The lowest BCUT2D eigenvalue weighted by Gasteiger charge is -2.46. The first-order valence-electron chi connectivity index (χ1n) is 7.33. The number of carbonyl (C=O) groups is 2. The molecule has 7 nitrogen and oxygen atoms in total. The van der Waals surface area contributed by atoms with Crippen LogP contribution in [0, 0.1) is 0 Å². The number of carboxylic acid groups (broad SMARTS) is 1. The Balaban J connectivity index is 2.00. The number of rotatable bonds is 4. The Kier molecular flexibility index (Phi) is 4.43. The van der Waals surface area contributed by atoms with E-state index in [0.29, 0.717) is 25.9 Å². The van der Waals surface area contributed by atoms with Gasteiger partial charge in [-0.2, -0.15) is 0 Å². The molecule has 1 aliphatic heterocycles. The third-order valence-corrected chi connectivity index (χ3v) is 4.14.